The van der Waals surface area contributed by atoms with E-state index in [1.807, 2.05) is 6.08 Å². The van der Waals surface area contributed by atoms with Gasteiger partial charge < -0.3 is 14.2 Å². The van der Waals surface area contributed by atoms with Gasteiger partial charge in [0.05, 0.1) is 0 Å². The number of carbonyl (C=O) groups excluding carboxylic acids is 3. The lowest BCUT2D eigenvalue weighted by molar-refractivity contribution is -0.166. The first-order valence-electron chi connectivity index (χ1n) is 33.2. The Hall–Kier alpha value is -3.67. The highest BCUT2D eigenvalue weighted by atomic mass is 16.6. The summed E-state index contributed by atoms with van der Waals surface area (Å²) >= 11 is 0. The SMILES string of the molecule is CC/C=C\C/C=C\C/C=C\C/C=C\CCC(=O)OCC(COC(=O)CCCCCCCCCCCCCCCCCCCCC/C=C\C/C=C\CCCCCCC)OC(=O)CCCCCCC/C=C\C/C=C\CCCCCC. The van der Waals surface area contributed by atoms with Crippen molar-refractivity contribution >= 4 is 17.9 Å². The first kappa shape index (κ1) is 74.3. The molecule has 0 N–H and O–H groups in total. The molecule has 0 aliphatic rings. The molecule has 0 amide bonds. The quantitative estimate of drug-likeness (QED) is 0.0261. The Morgan fingerprint density at radius 3 is 0.872 bits per heavy atom. The van der Waals surface area contributed by atoms with Crippen LogP contribution in [0.3, 0.4) is 0 Å². The lowest BCUT2D eigenvalue weighted by atomic mass is 10.0. The zero-order chi connectivity index (χ0) is 56.4. The van der Waals surface area contributed by atoms with Gasteiger partial charge in [0.25, 0.3) is 0 Å². The molecule has 78 heavy (non-hydrogen) atoms. The topological polar surface area (TPSA) is 78.9 Å². The molecule has 0 aliphatic heterocycles. The molecule has 0 fully saturated rings. The molecule has 0 aromatic rings. The van der Waals surface area contributed by atoms with Crippen molar-refractivity contribution in [3.63, 3.8) is 0 Å². The van der Waals surface area contributed by atoms with Gasteiger partial charge in [-0.25, -0.2) is 0 Å². The summed E-state index contributed by atoms with van der Waals surface area (Å²) in [6.07, 6.45) is 88.8. The van der Waals surface area contributed by atoms with Crippen molar-refractivity contribution in [2.75, 3.05) is 13.2 Å². The van der Waals surface area contributed by atoms with Crippen molar-refractivity contribution < 1.29 is 28.6 Å². The number of carbonyl (C=O) groups is 3. The zero-order valence-electron chi connectivity index (χ0n) is 51.4. The second kappa shape index (κ2) is 65.8. The second-order valence-corrected chi connectivity index (χ2v) is 22.0. The van der Waals surface area contributed by atoms with Crippen molar-refractivity contribution in [2.45, 2.75) is 329 Å². The van der Waals surface area contributed by atoms with Crippen LogP contribution in [0.2, 0.25) is 0 Å². The minimum atomic E-state index is -0.814. The Bertz CT molecular complexity index is 1530. The van der Waals surface area contributed by atoms with Crippen molar-refractivity contribution in [2.24, 2.45) is 0 Å². The van der Waals surface area contributed by atoms with E-state index in [0.717, 1.165) is 96.3 Å². The first-order chi connectivity index (χ1) is 38.5. The number of hydrogen-bond donors (Lipinski definition) is 0. The molecule has 0 aromatic heterocycles. The monoisotopic (exact) mass is 1080 g/mol. The van der Waals surface area contributed by atoms with Crippen LogP contribution in [0.4, 0.5) is 0 Å². The molecular formula is C72H124O6. The maximum Gasteiger partial charge on any atom is 0.306 e. The third-order valence-electron chi connectivity index (χ3n) is 14.3. The van der Waals surface area contributed by atoms with Crippen LogP contribution >= 0.6 is 0 Å². The number of allylic oxidation sites excluding steroid dienone is 16. The molecule has 1 unspecified atom stereocenters. The van der Waals surface area contributed by atoms with E-state index >= 15 is 0 Å². The van der Waals surface area contributed by atoms with Gasteiger partial charge in [0.2, 0.25) is 0 Å². The van der Waals surface area contributed by atoms with E-state index in [2.05, 4.69) is 112 Å². The van der Waals surface area contributed by atoms with Gasteiger partial charge >= 0.3 is 17.9 Å². The number of unbranched alkanes of at least 4 members (excludes halogenated alkanes) is 33. The van der Waals surface area contributed by atoms with Gasteiger partial charge in [-0.3, -0.25) is 14.4 Å². The molecule has 6 heteroatoms. The number of ether oxygens (including phenoxy) is 3. The van der Waals surface area contributed by atoms with Crippen LogP contribution in [0.25, 0.3) is 0 Å². The third kappa shape index (κ3) is 63.2. The summed E-state index contributed by atoms with van der Waals surface area (Å²) in [4.78, 5) is 38.2. The molecule has 1 atom stereocenters. The van der Waals surface area contributed by atoms with E-state index in [1.165, 1.54) is 180 Å². The van der Waals surface area contributed by atoms with Crippen LogP contribution in [0.1, 0.15) is 323 Å². The predicted molar refractivity (Wildman–Crippen MR) is 339 cm³/mol. The molecule has 448 valence electrons. The van der Waals surface area contributed by atoms with Crippen LogP contribution in [-0.2, 0) is 28.6 Å². The Labute approximate surface area is 483 Å². The van der Waals surface area contributed by atoms with Gasteiger partial charge in [0, 0.05) is 19.3 Å². The molecule has 0 radical (unpaired) electrons. The Balaban J connectivity index is 4.22. The summed E-state index contributed by atoms with van der Waals surface area (Å²) in [5.41, 5.74) is 0. The molecule has 0 saturated heterocycles. The van der Waals surface area contributed by atoms with Gasteiger partial charge in [0.1, 0.15) is 13.2 Å². The number of esters is 3. The molecule has 0 aromatic carbocycles. The van der Waals surface area contributed by atoms with E-state index < -0.39 is 6.10 Å². The van der Waals surface area contributed by atoms with Crippen LogP contribution < -0.4 is 0 Å². The standard InChI is InChI=1S/C72H124O6/c1-4-7-10-13-16-19-22-25-27-29-30-31-32-33-34-35-36-37-38-39-40-41-42-43-45-47-50-53-56-59-62-65-71(74)77-68-69(67-76-70(73)64-61-58-55-52-49-46-24-21-18-15-12-9-6-3)78-72(75)66-63-60-57-54-51-48-44-28-26-23-20-17-14-11-8-5-2/h9,12,18,20-23,25,28-30,44,46,49,55,58,69H,4-8,10-11,13-17,19,24,26-27,31-43,45,47-48,50-54,56-57,59-68H2,1-3H3/b12-9-,21-18-,23-20-,25-22-,30-29-,44-28-,49-46-,58-55-. The maximum absolute atomic E-state index is 12.9. The molecular weight excluding hydrogens is 961 g/mol. The van der Waals surface area contributed by atoms with Crippen LogP contribution in [0, 0.1) is 0 Å². The predicted octanol–water partition coefficient (Wildman–Crippen LogP) is 22.8. The minimum absolute atomic E-state index is 0.103. The lowest BCUT2D eigenvalue weighted by Crippen LogP contribution is -2.30. The van der Waals surface area contributed by atoms with Gasteiger partial charge in [-0.15, -0.1) is 0 Å². The molecule has 0 spiro atoms. The average molecular weight is 1090 g/mol. The van der Waals surface area contributed by atoms with Crippen LogP contribution in [-0.4, -0.2) is 37.2 Å². The van der Waals surface area contributed by atoms with E-state index in [1.54, 1.807) is 0 Å². The number of hydrogen-bond acceptors (Lipinski definition) is 6. The molecule has 0 heterocycles. The highest BCUT2D eigenvalue weighted by Gasteiger charge is 2.19. The smallest absolute Gasteiger partial charge is 0.306 e. The maximum atomic E-state index is 12.9. The largest absolute Gasteiger partial charge is 0.462 e. The van der Waals surface area contributed by atoms with Crippen molar-refractivity contribution in [1.29, 1.82) is 0 Å². The molecule has 0 aliphatic carbocycles. The fourth-order valence-corrected chi connectivity index (χ4v) is 9.34. The first-order valence-corrected chi connectivity index (χ1v) is 33.2. The van der Waals surface area contributed by atoms with Crippen molar-refractivity contribution in [3.8, 4) is 0 Å². The summed E-state index contributed by atoms with van der Waals surface area (Å²) in [7, 11) is 0. The van der Waals surface area contributed by atoms with Crippen molar-refractivity contribution in [3.05, 3.63) is 97.2 Å². The fourth-order valence-electron chi connectivity index (χ4n) is 9.34. The van der Waals surface area contributed by atoms with E-state index in [4.69, 9.17) is 14.2 Å². The van der Waals surface area contributed by atoms with Crippen LogP contribution in [0.5, 0.6) is 0 Å². The zero-order valence-corrected chi connectivity index (χ0v) is 51.4. The Morgan fingerprint density at radius 2 is 0.526 bits per heavy atom. The highest BCUT2D eigenvalue weighted by Crippen LogP contribution is 2.17. The second-order valence-electron chi connectivity index (χ2n) is 22.0. The molecule has 0 rings (SSSR count). The fraction of sp³-hybridized carbons (Fsp3) is 0.736. The van der Waals surface area contributed by atoms with Gasteiger partial charge in [-0.2, -0.15) is 0 Å². The summed E-state index contributed by atoms with van der Waals surface area (Å²) in [5, 5.41) is 0. The Kier molecular flexibility index (Phi) is 62.7. The summed E-state index contributed by atoms with van der Waals surface area (Å²) in [5.74, 6) is -0.993. The molecule has 0 saturated carbocycles. The summed E-state index contributed by atoms with van der Waals surface area (Å²) < 4.78 is 16.8. The van der Waals surface area contributed by atoms with Crippen molar-refractivity contribution in [1.82, 2.24) is 0 Å². The normalized spacial score (nSPS) is 12.7. The Morgan fingerprint density at radius 1 is 0.269 bits per heavy atom. The van der Waals surface area contributed by atoms with Crippen LogP contribution in [0.15, 0.2) is 97.2 Å². The average Bonchev–Trinajstić information content (AvgIpc) is 3.44. The van der Waals surface area contributed by atoms with E-state index in [9.17, 15) is 14.4 Å². The number of rotatable bonds is 60. The van der Waals surface area contributed by atoms with E-state index in [-0.39, 0.29) is 37.5 Å². The van der Waals surface area contributed by atoms with Gasteiger partial charge in [0.15, 0.2) is 6.10 Å². The highest BCUT2D eigenvalue weighted by molar-refractivity contribution is 5.71. The van der Waals surface area contributed by atoms with Gasteiger partial charge in [-0.1, -0.05) is 291 Å². The summed E-state index contributed by atoms with van der Waals surface area (Å²) in [6.45, 7) is 6.45. The van der Waals surface area contributed by atoms with Gasteiger partial charge in [-0.05, 0) is 109 Å². The lowest BCUT2D eigenvalue weighted by Gasteiger charge is -2.18. The third-order valence-corrected chi connectivity index (χ3v) is 14.3. The summed E-state index contributed by atoms with van der Waals surface area (Å²) in [6, 6.07) is 0. The molecule has 0 bridgehead atoms. The van der Waals surface area contributed by atoms with E-state index in [0.29, 0.717) is 19.3 Å². The molecule has 6 nitrogen and oxygen atoms in total. The minimum Gasteiger partial charge on any atom is -0.462 e.